The Morgan fingerprint density at radius 3 is 2.00 bits per heavy atom. The third-order valence-electron chi connectivity index (χ3n) is 2.33. The summed E-state index contributed by atoms with van der Waals surface area (Å²) in [5.74, 6) is 0. The van der Waals surface area contributed by atoms with Crippen molar-refractivity contribution >= 4 is 11.6 Å². The van der Waals surface area contributed by atoms with Gasteiger partial charge < -0.3 is 0 Å². The van der Waals surface area contributed by atoms with E-state index in [1.54, 1.807) is 0 Å². The first-order valence-corrected chi connectivity index (χ1v) is 5.15. The van der Waals surface area contributed by atoms with E-state index in [1.165, 1.54) is 22.3 Å². The fraction of sp³-hybridized carbons (Fsp3) is 0.500. The molecule has 0 amide bonds. The van der Waals surface area contributed by atoms with Crippen molar-refractivity contribution in [1.82, 2.24) is 0 Å². The lowest BCUT2D eigenvalue weighted by atomic mass is 9.96. The second kappa shape index (κ2) is 4.15. The molecule has 1 unspecified atom stereocenters. The molecule has 0 saturated heterocycles. The van der Waals surface area contributed by atoms with E-state index in [0.29, 0.717) is 0 Å². The summed E-state index contributed by atoms with van der Waals surface area (Å²) in [6.07, 6.45) is 0.972. The quantitative estimate of drug-likeness (QED) is 0.632. The highest BCUT2D eigenvalue weighted by Gasteiger charge is 2.06. The summed E-state index contributed by atoms with van der Waals surface area (Å²) in [4.78, 5) is 0. The Hall–Kier alpha value is -0.490. The molecule has 1 rings (SSSR count). The molecule has 0 aliphatic heterocycles. The lowest BCUT2D eigenvalue weighted by Crippen LogP contribution is -2.02. The lowest BCUT2D eigenvalue weighted by Gasteiger charge is -2.12. The minimum Gasteiger partial charge on any atom is -0.123 e. The van der Waals surface area contributed by atoms with Crippen LogP contribution in [0.3, 0.4) is 0 Å². The third-order valence-corrected chi connectivity index (χ3v) is 2.48. The summed E-state index contributed by atoms with van der Waals surface area (Å²) in [5, 5.41) is 0.222. The van der Waals surface area contributed by atoms with Crippen LogP contribution in [0.15, 0.2) is 12.1 Å². The molecule has 0 aliphatic carbocycles. The fourth-order valence-electron chi connectivity index (χ4n) is 1.81. The van der Waals surface area contributed by atoms with Crippen molar-refractivity contribution in [2.45, 2.75) is 39.5 Å². The van der Waals surface area contributed by atoms with Gasteiger partial charge in [-0.05, 0) is 50.8 Å². The molecule has 0 fully saturated rings. The van der Waals surface area contributed by atoms with Crippen LogP contribution in [-0.2, 0) is 6.42 Å². The summed E-state index contributed by atoms with van der Waals surface area (Å²) < 4.78 is 0. The van der Waals surface area contributed by atoms with E-state index in [0.717, 1.165) is 6.42 Å². The molecule has 72 valence electrons. The van der Waals surface area contributed by atoms with Gasteiger partial charge in [-0.3, -0.25) is 0 Å². The van der Waals surface area contributed by atoms with Crippen LogP contribution in [-0.4, -0.2) is 5.38 Å². The van der Waals surface area contributed by atoms with Crippen molar-refractivity contribution in [2.75, 3.05) is 0 Å². The number of hydrogen-bond donors (Lipinski definition) is 0. The topological polar surface area (TPSA) is 0 Å². The molecule has 0 aliphatic rings. The number of halogens is 1. The highest BCUT2D eigenvalue weighted by atomic mass is 35.5. The molecule has 0 nitrogen and oxygen atoms in total. The normalized spacial score (nSPS) is 13.0. The maximum atomic E-state index is 6.00. The molecular weight excluding hydrogens is 180 g/mol. The Kier molecular flexibility index (Phi) is 3.38. The van der Waals surface area contributed by atoms with Crippen LogP contribution in [0.4, 0.5) is 0 Å². The summed E-state index contributed by atoms with van der Waals surface area (Å²) in [6, 6.07) is 4.45. The Bertz CT molecular complexity index is 277. The van der Waals surface area contributed by atoms with Crippen LogP contribution in [0.2, 0.25) is 0 Å². The molecule has 0 heterocycles. The first-order chi connectivity index (χ1) is 6.00. The van der Waals surface area contributed by atoms with Crippen LogP contribution in [0.25, 0.3) is 0 Å². The van der Waals surface area contributed by atoms with Crippen molar-refractivity contribution in [3.05, 3.63) is 34.4 Å². The van der Waals surface area contributed by atoms with E-state index >= 15 is 0 Å². The van der Waals surface area contributed by atoms with Gasteiger partial charge in [0.2, 0.25) is 0 Å². The smallest absolute Gasteiger partial charge is 0.0348 e. The van der Waals surface area contributed by atoms with Gasteiger partial charge in [-0.15, -0.1) is 11.6 Å². The average molecular weight is 197 g/mol. The molecule has 1 heteroatoms. The SMILES string of the molecule is Cc1cc(C)c(CC(C)Cl)c(C)c1. The Balaban J connectivity index is 3.06. The van der Waals surface area contributed by atoms with Crippen LogP contribution in [0.1, 0.15) is 29.2 Å². The first-order valence-electron chi connectivity index (χ1n) is 4.71. The highest BCUT2D eigenvalue weighted by molar-refractivity contribution is 6.20. The number of aryl methyl sites for hydroxylation is 3. The van der Waals surface area contributed by atoms with Gasteiger partial charge in [0, 0.05) is 5.38 Å². The van der Waals surface area contributed by atoms with Crippen molar-refractivity contribution in [2.24, 2.45) is 0 Å². The predicted octanol–water partition coefficient (Wildman–Crippen LogP) is 3.78. The van der Waals surface area contributed by atoms with Gasteiger partial charge >= 0.3 is 0 Å². The Morgan fingerprint density at radius 1 is 1.15 bits per heavy atom. The van der Waals surface area contributed by atoms with Gasteiger partial charge in [0.05, 0.1) is 0 Å². The summed E-state index contributed by atoms with van der Waals surface area (Å²) >= 11 is 6.00. The van der Waals surface area contributed by atoms with Crippen LogP contribution in [0.5, 0.6) is 0 Å². The van der Waals surface area contributed by atoms with Gasteiger partial charge in [-0.25, -0.2) is 0 Å². The van der Waals surface area contributed by atoms with Crippen molar-refractivity contribution in [1.29, 1.82) is 0 Å². The fourth-order valence-corrected chi connectivity index (χ4v) is 1.97. The van der Waals surface area contributed by atoms with E-state index in [4.69, 9.17) is 11.6 Å². The highest BCUT2D eigenvalue weighted by Crippen LogP contribution is 2.19. The van der Waals surface area contributed by atoms with Crippen LogP contribution < -0.4 is 0 Å². The minimum atomic E-state index is 0.222. The number of alkyl halides is 1. The largest absolute Gasteiger partial charge is 0.123 e. The molecule has 0 radical (unpaired) electrons. The average Bonchev–Trinajstić information content (AvgIpc) is 1.96. The van der Waals surface area contributed by atoms with E-state index in [-0.39, 0.29) is 5.38 Å². The van der Waals surface area contributed by atoms with Crippen molar-refractivity contribution in [3.8, 4) is 0 Å². The molecule has 0 saturated carbocycles. The van der Waals surface area contributed by atoms with Gasteiger partial charge in [0.25, 0.3) is 0 Å². The molecule has 0 aromatic heterocycles. The number of rotatable bonds is 2. The zero-order chi connectivity index (χ0) is 10.0. The second-order valence-electron chi connectivity index (χ2n) is 3.86. The van der Waals surface area contributed by atoms with Gasteiger partial charge in [0.15, 0.2) is 0 Å². The molecule has 0 bridgehead atoms. The number of benzene rings is 1. The Labute approximate surface area is 85.9 Å². The minimum absolute atomic E-state index is 0.222. The molecule has 1 atom stereocenters. The van der Waals surface area contributed by atoms with Crippen LogP contribution >= 0.6 is 11.6 Å². The molecule has 1 aromatic carbocycles. The van der Waals surface area contributed by atoms with Crippen molar-refractivity contribution in [3.63, 3.8) is 0 Å². The summed E-state index contributed by atoms with van der Waals surface area (Å²) in [7, 11) is 0. The van der Waals surface area contributed by atoms with Crippen LogP contribution in [0, 0.1) is 20.8 Å². The third kappa shape index (κ3) is 2.73. The molecule has 0 N–H and O–H groups in total. The van der Waals surface area contributed by atoms with E-state index in [9.17, 15) is 0 Å². The summed E-state index contributed by atoms with van der Waals surface area (Å²) in [6.45, 7) is 8.50. The van der Waals surface area contributed by atoms with Gasteiger partial charge in [-0.1, -0.05) is 17.7 Å². The molecule has 13 heavy (non-hydrogen) atoms. The maximum absolute atomic E-state index is 6.00. The second-order valence-corrected chi connectivity index (χ2v) is 4.61. The van der Waals surface area contributed by atoms with Gasteiger partial charge in [0.1, 0.15) is 0 Å². The van der Waals surface area contributed by atoms with Gasteiger partial charge in [-0.2, -0.15) is 0 Å². The summed E-state index contributed by atoms with van der Waals surface area (Å²) in [5.41, 5.74) is 5.48. The van der Waals surface area contributed by atoms with E-state index in [1.807, 2.05) is 6.92 Å². The predicted molar refractivity (Wildman–Crippen MR) is 59.7 cm³/mol. The molecule has 1 aromatic rings. The van der Waals surface area contributed by atoms with Crippen molar-refractivity contribution < 1.29 is 0 Å². The zero-order valence-corrected chi connectivity index (χ0v) is 9.57. The Morgan fingerprint density at radius 2 is 1.62 bits per heavy atom. The molecule has 0 spiro atoms. The molecular formula is C12H17Cl. The zero-order valence-electron chi connectivity index (χ0n) is 8.82. The maximum Gasteiger partial charge on any atom is 0.0348 e. The number of hydrogen-bond acceptors (Lipinski definition) is 0. The standard InChI is InChI=1S/C12H17Cl/c1-8-5-9(2)12(7-11(4)13)10(3)6-8/h5-6,11H,7H2,1-4H3. The lowest BCUT2D eigenvalue weighted by molar-refractivity contribution is 0.910. The van der Waals surface area contributed by atoms with E-state index < -0.39 is 0 Å². The first kappa shape index (κ1) is 10.6. The van der Waals surface area contributed by atoms with E-state index in [2.05, 4.69) is 32.9 Å². The monoisotopic (exact) mass is 196 g/mol.